The smallest absolute Gasteiger partial charge is 0.286 e. The van der Waals surface area contributed by atoms with Crippen molar-refractivity contribution in [1.29, 1.82) is 0 Å². The van der Waals surface area contributed by atoms with E-state index in [0.717, 1.165) is 22.6 Å². The Kier molecular flexibility index (Phi) is 10.2. The summed E-state index contributed by atoms with van der Waals surface area (Å²) in [5.41, 5.74) is 3.99. The minimum atomic E-state index is -1.90. The summed E-state index contributed by atoms with van der Waals surface area (Å²) in [7, 11) is -0.306. The largest absolute Gasteiger partial charge is 0.455 e. The Morgan fingerprint density at radius 1 is 0.583 bits per heavy atom. The van der Waals surface area contributed by atoms with Crippen LogP contribution in [0.25, 0.3) is 0 Å². The highest BCUT2D eigenvalue weighted by molar-refractivity contribution is 8.76. The molecule has 0 fully saturated rings. The molecular formula is C28H44N2O2S2Si2. The lowest BCUT2D eigenvalue weighted by Crippen LogP contribution is -2.39. The van der Waals surface area contributed by atoms with Gasteiger partial charge in [0.25, 0.3) is 16.6 Å². The van der Waals surface area contributed by atoms with Gasteiger partial charge < -0.3 is 9.05 Å². The maximum absolute atomic E-state index is 6.02. The van der Waals surface area contributed by atoms with Crippen molar-refractivity contribution in [3.63, 3.8) is 0 Å². The van der Waals surface area contributed by atoms with Gasteiger partial charge in [-0.2, -0.15) is 0 Å². The van der Waals surface area contributed by atoms with Crippen LogP contribution in [0, 0.1) is 0 Å². The van der Waals surface area contributed by atoms with Gasteiger partial charge in [-0.1, -0.05) is 87.4 Å². The fraction of sp³-hybridized carbons (Fsp3) is 0.500. The van der Waals surface area contributed by atoms with Gasteiger partial charge in [-0.15, -0.1) is 10.3 Å². The van der Waals surface area contributed by atoms with Gasteiger partial charge in [0.05, 0.1) is 11.4 Å². The predicted molar refractivity (Wildman–Crippen MR) is 166 cm³/mol. The van der Waals surface area contributed by atoms with Crippen LogP contribution in [0.5, 0.6) is 0 Å². The fourth-order valence-electron chi connectivity index (χ4n) is 2.34. The molecule has 0 amide bonds. The summed E-state index contributed by atoms with van der Waals surface area (Å²) in [6.07, 6.45) is 0. The summed E-state index contributed by atoms with van der Waals surface area (Å²) in [6, 6.07) is 17.0. The van der Waals surface area contributed by atoms with E-state index in [0.29, 0.717) is 0 Å². The van der Waals surface area contributed by atoms with Gasteiger partial charge >= 0.3 is 0 Å². The Morgan fingerprint density at radius 3 is 1.11 bits per heavy atom. The molecule has 2 rings (SSSR count). The van der Waals surface area contributed by atoms with E-state index in [1.165, 1.54) is 9.79 Å². The van der Waals surface area contributed by atoms with Crippen LogP contribution in [-0.4, -0.2) is 28.1 Å². The average Bonchev–Trinajstić information content (AvgIpc) is 2.79. The minimum absolute atomic E-state index is 0.136. The quantitative estimate of drug-likeness (QED) is 0.132. The van der Waals surface area contributed by atoms with E-state index >= 15 is 0 Å². The van der Waals surface area contributed by atoms with Crippen molar-refractivity contribution >= 4 is 49.6 Å². The molecule has 2 aromatic carbocycles. The standard InChI is InChI=1S/C28H44N2O2S2Si2/c1-21(29-31-35(9,10)27(3,4)5)23-13-17-25(18-14-23)33-34-26-19-15-24(16-20-26)22(2)30-32-36(11,12)28(6,7)8/h13-20H,1-12H3/b29-21-,30-22-. The zero-order valence-corrected chi connectivity index (χ0v) is 27.8. The molecule has 0 N–H and O–H groups in total. The van der Waals surface area contributed by atoms with Gasteiger partial charge in [-0.05, 0) is 85.5 Å². The third-order valence-corrected chi connectivity index (χ3v) is 17.9. The molecule has 0 aliphatic carbocycles. The van der Waals surface area contributed by atoms with E-state index in [1.807, 2.05) is 13.8 Å². The molecule has 2 aromatic rings. The Hall–Kier alpha value is -1.49. The van der Waals surface area contributed by atoms with Crippen molar-refractivity contribution in [3.05, 3.63) is 59.7 Å². The van der Waals surface area contributed by atoms with Gasteiger partial charge in [0.1, 0.15) is 0 Å². The Bertz CT molecular complexity index is 979. The van der Waals surface area contributed by atoms with Gasteiger partial charge in [0.15, 0.2) is 0 Å². The fourth-order valence-corrected chi connectivity index (χ4v) is 5.55. The molecule has 0 unspecified atom stereocenters. The second kappa shape index (κ2) is 11.9. The van der Waals surface area contributed by atoms with E-state index < -0.39 is 16.6 Å². The Balaban J connectivity index is 1.96. The van der Waals surface area contributed by atoms with Crippen LogP contribution >= 0.6 is 21.6 Å². The Labute approximate surface area is 229 Å². The first kappa shape index (κ1) is 30.7. The minimum Gasteiger partial charge on any atom is -0.455 e. The van der Waals surface area contributed by atoms with E-state index in [1.54, 1.807) is 21.6 Å². The maximum Gasteiger partial charge on any atom is 0.286 e. The third kappa shape index (κ3) is 8.53. The molecule has 0 heterocycles. The van der Waals surface area contributed by atoms with Crippen molar-refractivity contribution in [2.24, 2.45) is 10.3 Å². The predicted octanol–water partition coefficient (Wildman–Crippen LogP) is 9.98. The second-order valence-electron chi connectivity index (χ2n) is 12.3. The molecule has 0 spiro atoms. The van der Waals surface area contributed by atoms with Crippen molar-refractivity contribution in [2.75, 3.05) is 0 Å². The monoisotopic (exact) mass is 560 g/mol. The number of oxime groups is 2. The number of benzene rings is 2. The van der Waals surface area contributed by atoms with Crippen LogP contribution in [-0.2, 0) is 9.05 Å². The number of nitrogens with zero attached hydrogens (tertiary/aromatic N) is 2. The molecule has 4 nitrogen and oxygen atoms in total. The lowest BCUT2D eigenvalue weighted by atomic mass is 10.1. The molecule has 198 valence electrons. The highest BCUT2D eigenvalue weighted by Gasteiger charge is 2.40. The highest BCUT2D eigenvalue weighted by Crippen LogP contribution is 2.39. The van der Waals surface area contributed by atoms with Crippen LogP contribution in [0.3, 0.4) is 0 Å². The normalized spacial score (nSPS) is 14.1. The summed E-state index contributed by atoms with van der Waals surface area (Å²) in [4.78, 5) is 2.40. The third-order valence-electron chi connectivity index (χ3n) is 7.21. The van der Waals surface area contributed by atoms with E-state index in [9.17, 15) is 0 Å². The first-order valence-electron chi connectivity index (χ1n) is 12.4. The SMILES string of the molecule is C/C(=N/O[Si](C)(C)C(C)(C)C)c1ccc(SSc2ccc(/C(C)=N\O[Si](C)(C)C(C)(C)C)cc2)cc1. The molecule has 0 aromatic heterocycles. The van der Waals surface area contributed by atoms with Crippen molar-refractivity contribution in [2.45, 2.75) is 101 Å². The number of hydrogen-bond donors (Lipinski definition) is 0. The lowest BCUT2D eigenvalue weighted by Gasteiger charge is -2.33. The second-order valence-corrected chi connectivity index (χ2v) is 24.0. The van der Waals surface area contributed by atoms with Crippen molar-refractivity contribution in [1.82, 2.24) is 0 Å². The zero-order valence-electron chi connectivity index (χ0n) is 24.1. The molecule has 0 saturated heterocycles. The lowest BCUT2D eigenvalue weighted by molar-refractivity contribution is 0.308. The molecule has 0 saturated carbocycles. The maximum atomic E-state index is 6.02. The van der Waals surface area contributed by atoms with E-state index in [2.05, 4.69) is 127 Å². The van der Waals surface area contributed by atoms with Gasteiger partial charge in [0, 0.05) is 9.79 Å². The van der Waals surface area contributed by atoms with Crippen molar-refractivity contribution in [3.8, 4) is 0 Å². The first-order chi connectivity index (χ1) is 16.4. The van der Waals surface area contributed by atoms with E-state index in [4.69, 9.17) is 9.05 Å². The molecule has 0 aliphatic rings. The highest BCUT2D eigenvalue weighted by atomic mass is 33.1. The first-order valence-corrected chi connectivity index (χ1v) is 20.4. The molecular weight excluding hydrogens is 517 g/mol. The molecule has 0 aliphatic heterocycles. The summed E-state index contributed by atoms with van der Waals surface area (Å²) in [6.45, 7) is 26.2. The van der Waals surface area contributed by atoms with Gasteiger partial charge in [-0.3, -0.25) is 0 Å². The molecule has 8 heteroatoms. The van der Waals surface area contributed by atoms with Crippen LogP contribution in [0.1, 0.15) is 66.5 Å². The molecule has 0 atom stereocenters. The van der Waals surface area contributed by atoms with Crippen LogP contribution in [0.15, 0.2) is 68.6 Å². The molecule has 36 heavy (non-hydrogen) atoms. The van der Waals surface area contributed by atoms with Crippen LogP contribution in [0.2, 0.25) is 36.3 Å². The van der Waals surface area contributed by atoms with Gasteiger partial charge in [0.2, 0.25) is 0 Å². The van der Waals surface area contributed by atoms with E-state index in [-0.39, 0.29) is 10.1 Å². The van der Waals surface area contributed by atoms with Crippen molar-refractivity contribution < 1.29 is 9.05 Å². The zero-order chi connectivity index (χ0) is 27.4. The molecule has 0 bridgehead atoms. The Morgan fingerprint density at radius 2 is 0.861 bits per heavy atom. The summed E-state index contributed by atoms with van der Waals surface area (Å²) in [5.74, 6) is 0. The summed E-state index contributed by atoms with van der Waals surface area (Å²) < 4.78 is 12.0. The van der Waals surface area contributed by atoms with Gasteiger partial charge in [-0.25, -0.2) is 0 Å². The topological polar surface area (TPSA) is 43.2 Å². The number of hydrogen-bond acceptors (Lipinski definition) is 6. The summed E-state index contributed by atoms with van der Waals surface area (Å²) >= 11 is 0. The molecule has 0 radical (unpaired) electrons. The summed E-state index contributed by atoms with van der Waals surface area (Å²) in [5, 5.41) is 9.20. The van der Waals surface area contributed by atoms with Crippen LogP contribution < -0.4 is 0 Å². The number of rotatable bonds is 9. The average molecular weight is 561 g/mol. The van der Waals surface area contributed by atoms with Crippen LogP contribution in [0.4, 0.5) is 0 Å².